The molecule has 7 rings (SSSR count). The molecule has 0 aromatic heterocycles. The molecule has 3 saturated carbocycles. The van der Waals surface area contributed by atoms with E-state index in [0.29, 0.717) is 17.7 Å². The molecule has 4 fully saturated rings. The Kier molecular flexibility index (Phi) is 6.62. The summed E-state index contributed by atoms with van der Waals surface area (Å²) in [5.74, 6) is -2.59. The molecule has 7 nitrogen and oxygen atoms in total. The summed E-state index contributed by atoms with van der Waals surface area (Å²) in [6, 6.07) is 15.3. The van der Waals surface area contributed by atoms with Crippen LogP contribution >= 0.6 is 0 Å². The maximum atomic E-state index is 17.5. The number of benzene rings is 2. The molecule has 10 atom stereocenters. The van der Waals surface area contributed by atoms with Crippen LogP contribution in [0, 0.1) is 22.7 Å². The van der Waals surface area contributed by atoms with Gasteiger partial charge in [-0.2, -0.15) is 0 Å². The minimum Gasteiger partial charge on any atom is -0.399 e. The first-order valence-electron chi connectivity index (χ1n) is 15.2. The van der Waals surface area contributed by atoms with Crippen LogP contribution in [-0.4, -0.2) is 58.0 Å². The van der Waals surface area contributed by atoms with Gasteiger partial charge in [0.1, 0.15) is 12.8 Å². The van der Waals surface area contributed by atoms with Crippen molar-refractivity contribution in [3.05, 3.63) is 89.0 Å². The largest absolute Gasteiger partial charge is 0.399 e. The molecule has 1 heterocycles. The molecule has 232 valence electrons. The number of halogens is 2. The second-order valence-corrected chi connectivity index (χ2v) is 13.6. The van der Waals surface area contributed by atoms with Crippen molar-refractivity contribution < 1.29 is 38.1 Å². The number of aliphatic hydroxyl groups is 2. The lowest BCUT2D eigenvalue weighted by Crippen LogP contribution is -2.70. The number of rotatable bonds is 5. The Morgan fingerprint density at radius 3 is 2.36 bits per heavy atom. The lowest BCUT2D eigenvalue weighted by atomic mass is 9.44. The van der Waals surface area contributed by atoms with Crippen molar-refractivity contribution in [2.24, 2.45) is 22.7 Å². The van der Waals surface area contributed by atoms with Crippen LogP contribution < -0.4 is 5.73 Å². The molecule has 1 unspecified atom stereocenters. The van der Waals surface area contributed by atoms with Gasteiger partial charge in [0.05, 0.1) is 12.2 Å². The fourth-order valence-corrected chi connectivity index (χ4v) is 9.38. The summed E-state index contributed by atoms with van der Waals surface area (Å²) in [4.78, 5) is 25.8. The predicted octanol–water partition coefficient (Wildman–Crippen LogP) is 4.50. The average molecular weight is 606 g/mol. The van der Waals surface area contributed by atoms with E-state index in [0.717, 1.165) is 17.2 Å². The number of nitrogens with two attached hydrogens (primary N) is 1. The highest BCUT2D eigenvalue weighted by Gasteiger charge is 2.80. The van der Waals surface area contributed by atoms with Gasteiger partial charge in [0.25, 0.3) is 0 Å². The van der Waals surface area contributed by atoms with Gasteiger partial charge in [0, 0.05) is 28.0 Å². The summed E-state index contributed by atoms with van der Waals surface area (Å²) in [6.07, 6.45) is -0.684. The molecule has 0 amide bonds. The Hall–Kier alpha value is -3.24. The van der Waals surface area contributed by atoms with Crippen molar-refractivity contribution in [1.29, 1.82) is 0 Å². The standard InChI is InChI=1S/C35H37F2NO6/c1-32-12-11-23(40)14-26(32)27(36)15-25-24-16-30-35(29(42)18-39,33(24,2)17-28(41)34(25,32)37)44-31(43-30)21-7-3-19(4-8-21)13-20-5-9-22(38)10-6-20/h3-12,14,24-25,27-28,30-31,39,41H,13,15-18,38H2,1-2H3/t24?,25-,27-,28-,30+,31+,32-,33-,34-,35+/m0/s1. The zero-order valence-corrected chi connectivity index (χ0v) is 24.7. The van der Waals surface area contributed by atoms with Crippen LogP contribution in [0.5, 0.6) is 0 Å². The fourth-order valence-electron chi connectivity index (χ4n) is 9.38. The molecule has 0 bridgehead atoms. The quantitative estimate of drug-likeness (QED) is 0.430. The summed E-state index contributed by atoms with van der Waals surface area (Å²) < 4.78 is 46.3. The average Bonchev–Trinajstić information content (AvgIpc) is 3.50. The lowest BCUT2D eigenvalue weighted by Gasteiger charge is -2.63. The van der Waals surface area contributed by atoms with Crippen molar-refractivity contribution in [1.82, 2.24) is 0 Å². The number of anilines is 1. The van der Waals surface area contributed by atoms with Crippen molar-refractivity contribution in [3.8, 4) is 0 Å². The Balaban J connectivity index is 1.21. The number of hydrogen-bond donors (Lipinski definition) is 3. The SMILES string of the molecule is C[C@]12C=CC(=O)C=C1[C@@H](F)C[C@H]1C3C[C@H]4O[C@@H](c5ccc(Cc6ccc(N)cc6)cc5)O[C@@]4(C(=O)CO)[C@@]3(C)C[C@H](O)[C@@]12F. The highest BCUT2D eigenvalue weighted by Crippen LogP contribution is 2.72. The number of alkyl halides is 2. The Morgan fingerprint density at radius 1 is 1.05 bits per heavy atom. The summed E-state index contributed by atoms with van der Waals surface area (Å²) in [5.41, 5.74) is 2.73. The number of ether oxygens (including phenoxy) is 2. The number of Topliss-reactive ketones (excluding diaryl/α,β-unsaturated/α-hetero) is 1. The molecule has 1 saturated heterocycles. The van der Waals surface area contributed by atoms with Crippen LogP contribution in [0.25, 0.3) is 0 Å². The van der Waals surface area contributed by atoms with Crippen molar-refractivity contribution >= 4 is 17.3 Å². The van der Waals surface area contributed by atoms with Gasteiger partial charge in [-0.1, -0.05) is 49.4 Å². The second kappa shape index (κ2) is 9.88. The molecule has 1 aliphatic heterocycles. The summed E-state index contributed by atoms with van der Waals surface area (Å²) in [5, 5.41) is 21.8. The van der Waals surface area contributed by atoms with Gasteiger partial charge >= 0.3 is 0 Å². The zero-order chi connectivity index (χ0) is 31.2. The van der Waals surface area contributed by atoms with Crippen LogP contribution in [0.3, 0.4) is 0 Å². The third-order valence-electron chi connectivity index (χ3n) is 11.6. The molecular weight excluding hydrogens is 568 g/mol. The van der Waals surface area contributed by atoms with Crippen LogP contribution in [0.4, 0.5) is 14.5 Å². The minimum atomic E-state index is -2.29. The highest BCUT2D eigenvalue weighted by molar-refractivity contribution is 6.01. The van der Waals surface area contributed by atoms with Gasteiger partial charge in [-0.05, 0) is 79.5 Å². The summed E-state index contributed by atoms with van der Waals surface area (Å²) >= 11 is 0. The van der Waals surface area contributed by atoms with E-state index in [-0.39, 0.29) is 24.8 Å². The number of allylic oxidation sites excluding steroid dienone is 4. The Labute approximate surface area is 254 Å². The highest BCUT2D eigenvalue weighted by atomic mass is 19.1. The van der Waals surface area contributed by atoms with Crippen molar-refractivity contribution in [3.63, 3.8) is 0 Å². The molecule has 0 spiro atoms. The fraction of sp³-hybridized carbons (Fsp3) is 0.486. The first kappa shape index (κ1) is 29.5. The van der Waals surface area contributed by atoms with Gasteiger partial charge in [0.2, 0.25) is 0 Å². The molecule has 2 aromatic rings. The third-order valence-corrected chi connectivity index (χ3v) is 11.6. The molecule has 0 radical (unpaired) electrons. The van der Waals surface area contributed by atoms with Gasteiger partial charge < -0.3 is 25.4 Å². The first-order chi connectivity index (χ1) is 20.9. The smallest absolute Gasteiger partial charge is 0.193 e. The van der Waals surface area contributed by atoms with Crippen LogP contribution in [-0.2, 0) is 25.5 Å². The van der Waals surface area contributed by atoms with Crippen molar-refractivity contribution in [2.45, 2.75) is 75.5 Å². The predicted molar refractivity (Wildman–Crippen MR) is 158 cm³/mol. The van der Waals surface area contributed by atoms with Crippen molar-refractivity contribution in [2.75, 3.05) is 12.3 Å². The van der Waals surface area contributed by atoms with E-state index < -0.39 is 76.8 Å². The van der Waals surface area contributed by atoms with E-state index in [1.165, 1.54) is 19.1 Å². The molecule has 2 aromatic carbocycles. The van der Waals surface area contributed by atoms with E-state index >= 15 is 8.78 Å². The van der Waals surface area contributed by atoms with E-state index in [2.05, 4.69) is 0 Å². The number of nitrogen functional groups attached to an aromatic ring is 1. The monoisotopic (exact) mass is 605 g/mol. The van der Waals surface area contributed by atoms with E-state index in [1.807, 2.05) is 48.5 Å². The maximum absolute atomic E-state index is 17.5. The van der Waals surface area contributed by atoms with E-state index in [1.54, 1.807) is 6.92 Å². The van der Waals surface area contributed by atoms with E-state index in [9.17, 15) is 19.8 Å². The maximum Gasteiger partial charge on any atom is 0.193 e. The summed E-state index contributed by atoms with van der Waals surface area (Å²) in [7, 11) is 0. The third kappa shape index (κ3) is 3.79. The Bertz CT molecular complexity index is 1570. The molecule has 4 N–H and O–H groups in total. The number of aliphatic hydroxyl groups excluding tert-OH is 2. The van der Waals surface area contributed by atoms with Crippen LogP contribution in [0.15, 0.2) is 72.3 Å². The molecular formula is C35H37F2NO6. The van der Waals surface area contributed by atoms with E-state index in [4.69, 9.17) is 15.2 Å². The lowest BCUT2D eigenvalue weighted by molar-refractivity contribution is -0.235. The summed E-state index contributed by atoms with van der Waals surface area (Å²) in [6.45, 7) is 2.49. The van der Waals surface area contributed by atoms with Crippen LogP contribution in [0.1, 0.15) is 56.1 Å². The number of fused-ring (bicyclic) bond motifs is 7. The molecule has 5 aliphatic rings. The number of hydrogen-bond acceptors (Lipinski definition) is 7. The molecule has 9 heteroatoms. The van der Waals surface area contributed by atoms with Gasteiger partial charge in [0.15, 0.2) is 29.1 Å². The van der Waals surface area contributed by atoms with Crippen LogP contribution in [0.2, 0.25) is 0 Å². The number of ketones is 2. The minimum absolute atomic E-state index is 0.0400. The van der Waals surface area contributed by atoms with Gasteiger partial charge in [-0.15, -0.1) is 0 Å². The topological polar surface area (TPSA) is 119 Å². The normalized spacial score (nSPS) is 42.2. The van der Waals surface area contributed by atoms with Gasteiger partial charge in [-0.25, -0.2) is 8.78 Å². The van der Waals surface area contributed by atoms with Gasteiger partial charge in [-0.3, -0.25) is 9.59 Å². The molecule has 4 aliphatic carbocycles. The number of carbonyl (C=O) groups is 2. The Morgan fingerprint density at radius 2 is 1.70 bits per heavy atom. The first-order valence-corrected chi connectivity index (χ1v) is 15.2. The zero-order valence-electron chi connectivity index (χ0n) is 24.7. The second-order valence-electron chi connectivity index (χ2n) is 13.6. The number of carbonyl (C=O) groups excluding carboxylic acids is 2. The molecule has 44 heavy (non-hydrogen) atoms.